The van der Waals surface area contributed by atoms with E-state index in [0.29, 0.717) is 19.6 Å². The first-order chi connectivity index (χ1) is 10.2. The van der Waals surface area contributed by atoms with Crippen molar-refractivity contribution in [2.45, 2.75) is 45.8 Å². The maximum atomic E-state index is 11.9. The average Bonchev–Trinajstić information content (AvgIpc) is 2.82. The van der Waals surface area contributed by atoms with Crippen LogP contribution in [-0.2, 0) is 4.74 Å². The molecule has 0 aromatic heterocycles. The Morgan fingerprint density at radius 3 is 2.68 bits per heavy atom. The molecule has 1 rings (SSSR count). The maximum Gasteiger partial charge on any atom is 0.410 e. The van der Waals surface area contributed by atoms with Gasteiger partial charge in [-0.1, -0.05) is 0 Å². The highest BCUT2D eigenvalue weighted by Crippen LogP contribution is 2.10. The molecule has 1 aliphatic heterocycles. The molecule has 2 N–H and O–H groups in total. The monoisotopic (exact) mass is 314 g/mol. The molecule has 1 saturated heterocycles. The van der Waals surface area contributed by atoms with Crippen molar-refractivity contribution in [1.82, 2.24) is 15.1 Å². The summed E-state index contributed by atoms with van der Waals surface area (Å²) in [5, 5.41) is 12.8. The van der Waals surface area contributed by atoms with Crippen LogP contribution in [0, 0.1) is 0 Å². The summed E-state index contributed by atoms with van der Waals surface area (Å²) in [5.41, 5.74) is -0.491. The summed E-state index contributed by atoms with van der Waals surface area (Å²) in [6, 6.07) is 0. The molecule has 128 valence electrons. The standard InChI is InChI=1S/C15H30N4O3/c1-6-16-13(19-9-7-12(20)11-19)17-8-10-18(5)14(21)22-15(2,3)4/h12,20H,6-11H2,1-5H3,(H,16,17)/t12-/m1/s1. The van der Waals surface area contributed by atoms with Crippen LogP contribution in [0.5, 0.6) is 0 Å². The van der Waals surface area contributed by atoms with Crippen LogP contribution >= 0.6 is 0 Å². The van der Waals surface area contributed by atoms with Gasteiger partial charge in [-0.05, 0) is 34.1 Å². The number of aliphatic hydroxyl groups is 1. The van der Waals surface area contributed by atoms with Crippen LogP contribution in [0.1, 0.15) is 34.1 Å². The fourth-order valence-corrected chi connectivity index (χ4v) is 2.10. The number of rotatable bonds is 4. The molecular weight excluding hydrogens is 284 g/mol. The molecule has 1 fully saturated rings. The number of likely N-dealkylation sites (tertiary alicyclic amines) is 1. The Kier molecular flexibility index (Phi) is 6.93. The number of guanidine groups is 1. The second-order valence-electron chi connectivity index (χ2n) is 6.53. The van der Waals surface area contributed by atoms with E-state index in [1.165, 1.54) is 4.90 Å². The van der Waals surface area contributed by atoms with Crippen LogP contribution in [0.4, 0.5) is 4.79 Å². The Hall–Kier alpha value is -1.50. The molecule has 7 nitrogen and oxygen atoms in total. The van der Waals surface area contributed by atoms with Gasteiger partial charge in [0.1, 0.15) is 5.60 Å². The van der Waals surface area contributed by atoms with Gasteiger partial charge in [0.15, 0.2) is 5.96 Å². The third kappa shape index (κ3) is 6.51. The molecule has 0 radical (unpaired) electrons. The van der Waals surface area contributed by atoms with Gasteiger partial charge >= 0.3 is 6.09 Å². The number of amides is 1. The van der Waals surface area contributed by atoms with Gasteiger partial charge in [0.25, 0.3) is 0 Å². The second-order valence-corrected chi connectivity index (χ2v) is 6.53. The van der Waals surface area contributed by atoms with Crippen molar-refractivity contribution < 1.29 is 14.6 Å². The minimum Gasteiger partial charge on any atom is -0.444 e. The lowest BCUT2D eigenvalue weighted by atomic mass is 10.2. The van der Waals surface area contributed by atoms with Gasteiger partial charge in [-0.25, -0.2) is 4.79 Å². The van der Waals surface area contributed by atoms with Gasteiger partial charge < -0.3 is 25.0 Å². The third-order valence-electron chi connectivity index (χ3n) is 3.20. The summed E-state index contributed by atoms with van der Waals surface area (Å²) < 4.78 is 5.30. The number of carbonyl (C=O) groups excluding carboxylic acids is 1. The van der Waals surface area contributed by atoms with E-state index < -0.39 is 5.60 Å². The first-order valence-electron chi connectivity index (χ1n) is 7.88. The predicted octanol–water partition coefficient (Wildman–Crippen LogP) is 0.885. The SMILES string of the molecule is CCNC(=NCCN(C)C(=O)OC(C)(C)C)N1CC[C@@H](O)C1. The van der Waals surface area contributed by atoms with Crippen LogP contribution in [-0.4, -0.2) is 78.4 Å². The first kappa shape index (κ1) is 18.5. The highest BCUT2D eigenvalue weighted by atomic mass is 16.6. The van der Waals surface area contributed by atoms with E-state index >= 15 is 0 Å². The van der Waals surface area contributed by atoms with Crippen molar-refractivity contribution in [3.63, 3.8) is 0 Å². The lowest BCUT2D eigenvalue weighted by Gasteiger charge is -2.25. The van der Waals surface area contributed by atoms with Crippen molar-refractivity contribution in [3.8, 4) is 0 Å². The molecule has 0 aliphatic carbocycles. The number of hydrogen-bond acceptors (Lipinski definition) is 4. The maximum absolute atomic E-state index is 11.9. The summed E-state index contributed by atoms with van der Waals surface area (Å²) in [4.78, 5) is 19.9. The Balaban J connectivity index is 2.48. The molecule has 0 bridgehead atoms. The zero-order chi connectivity index (χ0) is 16.8. The number of nitrogens with one attached hydrogen (secondary N) is 1. The van der Waals surface area contributed by atoms with Gasteiger partial charge in [0, 0.05) is 33.2 Å². The summed E-state index contributed by atoms with van der Waals surface area (Å²) >= 11 is 0. The number of β-amino-alcohol motifs (C(OH)–C–C–N with tert-alkyl or cyclic N) is 1. The van der Waals surface area contributed by atoms with Crippen LogP contribution in [0.3, 0.4) is 0 Å². The molecule has 0 aromatic carbocycles. The Labute approximate surface area is 133 Å². The predicted molar refractivity (Wildman–Crippen MR) is 87.0 cm³/mol. The normalized spacial score (nSPS) is 19.3. The van der Waals surface area contributed by atoms with E-state index in [9.17, 15) is 9.90 Å². The number of likely N-dealkylation sites (N-methyl/N-ethyl adjacent to an activating group) is 1. The van der Waals surface area contributed by atoms with Crippen LogP contribution in [0.15, 0.2) is 4.99 Å². The van der Waals surface area contributed by atoms with Crippen LogP contribution in [0.2, 0.25) is 0 Å². The van der Waals surface area contributed by atoms with Gasteiger partial charge in [0.05, 0.1) is 12.6 Å². The summed E-state index contributed by atoms with van der Waals surface area (Å²) in [6.45, 7) is 10.7. The van der Waals surface area contributed by atoms with Crippen LogP contribution < -0.4 is 5.32 Å². The van der Waals surface area contributed by atoms with Crippen LogP contribution in [0.25, 0.3) is 0 Å². The van der Waals surface area contributed by atoms with Gasteiger partial charge in [-0.2, -0.15) is 0 Å². The molecule has 22 heavy (non-hydrogen) atoms. The molecular formula is C15H30N4O3. The topological polar surface area (TPSA) is 77.4 Å². The lowest BCUT2D eigenvalue weighted by molar-refractivity contribution is 0.0304. The summed E-state index contributed by atoms with van der Waals surface area (Å²) in [5.74, 6) is 0.789. The number of nitrogens with zero attached hydrogens (tertiary/aromatic N) is 3. The number of aliphatic imine (C=N–C) groups is 1. The third-order valence-corrected chi connectivity index (χ3v) is 3.20. The summed E-state index contributed by atoms with van der Waals surface area (Å²) in [6.07, 6.45) is 0.139. The minimum absolute atomic E-state index is 0.284. The van der Waals surface area contributed by atoms with Gasteiger partial charge in [0.2, 0.25) is 0 Å². The molecule has 7 heteroatoms. The van der Waals surface area contributed by atoms with E-state index in [4.69, 9.17) is 4.74 Å². The van der Waals surface area contributed by atoms with Gasteiger partial charge in [-0.3, -0.25) is 4.99 Å². The van der Waals surface area contributed by atoms with Crippen molar-refractivity contribution in [2.75, 3.05) is 39.8 Å². The zero-order valence-corrected chi connectivity index (χ0v) is 14.4. The Morgan fingerprint density at radius 1 is 1.50 bits per heavy atom. The molecule has 1 heterocycles. The van der Waals surface area contributed by atoms with E-state index in [1.54, 1.807) is 7.05 Å². The highest BCUT2D eigenvalue weighted by Gasteiger charge is 2.23. The first-order valence-corrected chi connectivity index (χ1v) is 7.88. The fourth-order valence-electron chi connectivity index (χ4n) is 2.10. The second kappa shape index (κ2) is 8.22. The number of aliphatic hydroxyl groups excluding tert-OH is 1. The Morgan fingerprint density at radius 2 is 2.18 bits per heavy atom. The molecule has 1 atom stereocenters. The highest BCUT2D eigenvalue weighted by molar-refractivity contribution is 5.80. The van der Waals surface area contributed by atoms with E-state index in [2.05, 4.69) is 10.3 Å². The molecule has 0 spiro atoms. The number of carbonyl (C=O) groups is 1. The molecule has 1 aliphatic rings. The van der Waals surface area contributed by atoms with E-state index in [1.807, 2.05) is 32.6 Å². The van der Waals surface area contributed by atoms with Crippen molar-refractivity contribution >= 4 is 12.1 Å². The fraction of sp³-hybridized carbons (Fsp3) is 0.867. The summed E-state index contributed by atoms with van der Waals surface area (Å²) in [7, 11) is 1.70. The van der Waals surface area contributed by atoms with E-state index in [0.717, 1.165) is 25.5 Å². The minimum atomic E-state index is -0.491. The van der Waals surface area contributed by atoms with Crippen molar-refractivity contribution in [1.29, 1.82) is 0 Å². The molecule has 1 amide bonds. The van der Waals surface area contributed by atoms with E-state index in [-0.39, 0.29) is 12.2 Å². The number of ether oxygens (including phenoxy) is 1. The zero-order valence-electron chi connectivity index (χ0n) is 14.4. The number of hydrogen-bond donors (Lipinski definition) is 2. The van der Waals surface area contributed by atoms with Crippen molar-refractivity contribution in [2.24, 2.45) is 4.99 Å². The van der Waals surface area contributed by atoms with Gasteiger partial charge in [-0.15, -0.1) is 0 Å². The lowest BCUT2D eigenvalue weighted by Crippen LogP contribution is -2.41. The quantitative estimate of drug-likeness (QED) is 0.595. The molecule has 0 aromatic rings. The largest absolute Gasteiger partial charge is 0.444 e. The Bertz CT molecular complexity index is 393. The molecule has 0 saturated carbocycles. The average molecular weight is 314 g/mol. The van der Waals surface area contributed by atoms with Crippen molar-refractivity contribution in [3.05, 3.63) is 0 Å². The smallest absolute Gasteiger partial charge is 0.410 e. The molecule has 0 unspecified atom stereocenters.